The Morgan fingerprint density at radius 3 is 2.83 bits per heavy atom. The van der Waals surface area contributed by atoms with Gasteiger partial charge in [0.25, 0.3) is 0 Å². The van der Waals surface area contributed by atoms with Gasteiger partial charge in [-0.25, -0.2) is 0 Å². The first kappa shape index (κ1) is 14.3. The average molecular weight is 332 g/mol. The second-order valence-electron chi connectivity index (χ2n) is 5.03. The Balaban J connectivity index is 1.81. The molecule has 1 saturated heterocycles. The largest absolute Gasteiger partial charge is 0.309 e. The van der Waals surface area contributed by atoms with Crippen LogP contribution in [0.15, 0.2) is 22.7 Å². The van der Waals surface area contributed by atoms with Crippen molar-refractivity contribution in [3.05, 3.63) is 33.3 Å². The van der Waals surface area contributed by atoms with Gasteiger partial charge in [-0.15, -0.1) is 0 Å². The Hall–Kier alpha value is -0.0900. The number of nitrogens with one attached hydrogen (secondary N) is 1. The highest BCUT2D eigenvalue weighted by atomic mass is 79.9. The molecule has 18 heavy (non-hydrogen) atoms. The summed E-state index contributed by atoms with van der Waals surface area (Å²) in [6, 6.07) is 6.49. The van der Waals surface area contributed by atoms with Gasteiger partial charge in [0.2, 0.25) is 0 Å². The molecule has 1 unspecified atom stereocenters. The van der Waals surface area contributed by atoms with Crippen molar-refractivity contribution in [3.63, 3.8) is 0 Å². The van der Waals surface area contributed by atoms with Gasteiger partial charge in [-0.1, -0.05) is 27.5 Å². The van der Waals surface area contributed by atoms with Crippen molar-refractivity contribution in [2.75, 3.05) is 19.6 Å². The van der Waals surface area contributed by atoms with Crippen LogP contribution in [-0.2, 0) is 6.54 Å². The lowest BCUT2D eigenvalue weighted by molar-refractivity contribution is 0.298. The van der Waals surface area contributed by atoms with Crippen LogP contribution >= 0.6 is 27.5 Å². The van der Waals surface area contributed by atoms with Crippen molar-refractivity contribution in [2.24, 2.45) is 0 Å². The molecule has 0 aliphatic carbocycles. The summed E-state index contributed by atoms with van der Waals surface area (Å²) in [7, 11) is 0. The maximum absolute atomic E-state index is 6.18. The van der Waals surface area contributed by atoms with Crippen molar-refractivity contribution in [1.29, 1.82) is 0 Å². The van der Waals surface area contributed by atoms with Crippen LogP contribution in [0.5, 0.6) is 0 Å². The molecule has 2 rings (SSSR count). The van der Waals surface area contributed by atoms with E-state index in [9.17, 15) is 0 Å². The number of nitrogens with zero attached hydrogens (tertiary/aromatic N) is 1. The zero-order valence-electron chi connectivity index (χ0n) is 10.8. The molecule has 0 spiro atoms. The van der Waals surface area contributed by atoms with Crippen molar-refractivity contribution >= 4 is 27.5 Å². The van der Waals surface area contributed by atoms with Gasteiger partial charge in [-0.3, -0.25) is 0 Å². The molecule has 0 saturated carbocycles. The minimum absolute atomic E-state index is 0.498. The highest BCUT2D eigenvalue weighted by Crippen LogP contribution is 2.21. The SMILES string of the molecule is CC(CN1CCCC1)NCc1cc(Br)ccc1Cl. The first-order chi connectivity index (χ1) is 8.65. The average Bonchev–Trinajstić information content (AvgIpc) is 2.83. The van der Waals surface area contributed by atoms with Gasteiger partial charge in [0, 0.05) is 28.6 Å². The van der Waals surface area contributed by atoms with E-state index in [0.717, 1.165) is 28.1 Å². The molecular formula is C14H20BrClN2. The van der Waals surface area contributed by atoms with Crippen molar-refractivity contribution < 1.29 is 0 Å². The first-order valence-electron chi connectivity index (χ1n) is 6.55. The lowest BCUT2D eigenvalue weighted by atomic mass is 10.2. The summed E-state index contributed by atoms with van der Waals surface area (Å²) in [5.41, 5.74) is 1.15. The quantitative estimate of drug-likeness (QED) is 0.885. The minimum Gasteiger partial charge on any atom is -0.309 e. The Labute approximate surface area is 123 Å². The molecular weight excluding hydrogens is 312 g/mol. The second-order valence-corrected chi connectivity index (χ2v) is 6.35. The maximum atomic E-state index is 6.18. The Bertz CT molecular complexity index is 391. The monoisotopic (exact) mass is 330 g/mol. The van der Waals surface area contributed by atoms with Crippen LogP contribution in [0.4, 0.5) is 0 Å². The molecule has 2 nitrogen and oxygen atoms in total. The van der Waals surface area contributed by atoms with Gasteiger partial charge >= 0.3 is 0 Å². The first-order valence-corrected chi connectivity index (χ1v) is 7.72. The molecule has 1 aliphatic rings. The van der Waals surface area contributed by atoms with E-state index in [0.29, 0.717) is 6.04 Å². The van der Waals surface area contributed by atoms with E-state index in [1.807, 2.05) is 12.1 Å². The third-order valence-electron chi connectivity index (χ3n) is 3.38. The lowest BCUT2D eigenvalue weighted by Gasteiger charge is -2.21. The molecule has 1 aliphatic heterocycles. The van der Waals surface area contributed by atoms with Crippen molar-refractivity contribution in [3.8, 4) is 0 Å². The van der Waals surface area contributed by atoms with Crippen molar-refractivity contribution in [2.45, 2.75) is 32.4 Å². The van der Waals surface area contributed by atoms with Crippen LogP contribution in [0, 0.1) is 0 Å². The summed E-state index contributed by atoms with van der Waals surface area (Å²) in [5.74, 6) is 0. The van der Waals surface area contributed by atoms with Crippen LogP contribution in [-0.4, -0.2) is 30.6 Å². The molecule has 0 bridgehead atoms. The summed E-state index contributed by atoms with van der Waals surface area (Å²) in [6.45, 7) is 6.70. The molecule has 1 heterocycles. The van der Waals surface area contributed by atoms with E-state index < -0.39 is 0 Å². The highest BCUT2D eigenvalue weighted by Gasteiger charge is 2.14. The van der Waals surface area contributed by atoms with Crippen LogP contribution in [0.3, 0.4) is 0 Å². The van der Waals surface area contributed by atoms with Gasteiger partial charge < -0.3 is 10.2 Å². The second kappa shape index (κ2) is 6.90. The fourth-order valence-electron chi connectivity index (χ4n) is 2.38. The maximum Gasteiger partial charge on any atom is 0.0451 e. The molecule has 0 radical (unpaired) electrons. The molecule has 1 N–H and O–H groups in total. The van der Waals surface area contributed by atoms with E-state index in [1.54, 1.807) is 0 Å². The predicted molar refractivity (Wildman–Crippen MR) is 81.1 cm³/mol. The predicted octanol–water partition coefficient (Wildman–Crippen LogP) is 3.68. The fourth-order valence-corrected chi connectivity index (χ4v) is 2.97. The summed E-state index contributed by atoms with van der Waals surface area (Å²) >= 11 is 9.66. The van der Waals surface area contributed by atoms with Crippen LogP contribution in [0.2, 0.25) is 5.02 Å². The molecule has 0 aromatic heterocycles. The summed E-state index contributed by atoms with van der Waals surface area (Å²) in [4.78, 5) is 2.53. The van der Waals surface area contributed by atoms with Crippen LogP contribution in [0.25, 0.3) is 0 Å². The highest BCUT2D eigenvalue weighted by molar-refractivity contribution is 9.10. The Kier molecular flexibility index (Phi) is 5.49. The number of hydrogen-bond acceptors (Lipinski definition) is 2. The molecule has 1 fully saturated rings. The van der Waals surface area contributed by atoms with Crippen LogP contribution < -0.4 is 5.32 Å². The van der Waals surface area contributed by atoms with Crippen molar-refractivity contribution in [1.82, 2.24) is 10.2 Å². The number of benzene rings is 1. The molecule has 1 aromatic carbocycles. The molecule has 0 amide bonds. The number of hydrogen-bond donors (Lipinski definition) is 1. The zero-order valence-corrected chi connectivity index (χ0v) is 13.1. The fraction of sp³-hybridized carbons (Fsp3) is 0.571. The minimum atomic E-state index is 0.498. The van der Waals surface area contributed by atoms with Crippen LogP contribution in [0.1, 0.15) is 25.3 Å². The smallest absolute Gasteiger partial charge is 0.0451 e. The number of rotatable bonds is 5. The van der Waals surface area contributed by atoms with Gasteiger partial charge in [-0.05, 0) is 56.6 Å². The normalized spacial score (nSPS) is 18.2. The van der Waals surface area contributed by atoms with E-state index in [1.165, 1.54) is 25.9 Å². The molecule has 1 atom stereocenters. The van der Waals surface area contributed by atoms with Gasteiger partial charge in [0.05, 0.1) is 0 Å². The Morgan fingerprint density at radius 2 is 2.11 bits per heavy atom. The Morgan fingerprint density at radius 1 is 1.39 bits per heavy atom. The topological polar surface area (TPSA) is 15.3 Å². The molecule has 100 valence electrons. The van der Waals surface area contributed by atoms with E-state index in [4.69, 9.17) is 11.6 Å². The van der Waals surface area contributed by atoms with E-state index in [2.05, 4.69) is 39.1 Å². The molecule has 1 aromatic rings. The van der Waals surface area contributed by atoms with Gasteiger partial charge in [0.1, 0.15) is 0 Å². The van der Waals surface area contributed by atoms with Gasteiger partial charge in [-0.2, -0.15) is 0 Å². The third kappa shape index (κ3) is 4.23. The van der Waals surface area contributed by atoms with Gasteiger partial charge in [0.15, 0.2) is 0 Å². The van der Waals surface area contributed by atoms with E-state index in [-0.39, 0.29) is 0 Å². The van der Waals surface area contributed by atoms with E-state index >= 15 is 0 Å². The third-order valence-corrected chi connectivity index (χ3v) is 4.24. The summed E-state index contributed by atoms with van der Waals surface area (Å²) in [5, 5.41) is 4.38. The standard InChI is InChI=1S/C14H20BrClN2/c1-11(10-18-6-2-3-7-18)17-9-12-8-13(15)4-5-14(12)16/h4-5,8,11,17H,2-3,6-7,9-10H2,1H3. The number of likely N-dealkylation sites (tertiary alicyclic amines) is 1. The lowest BCUT2D eigenvalue weighted by Crippen LogP contribution is -2.37. The summed E-state index contributed by atoms with van der Waals surface area (Å²) in [6.07, 6.45) is 2.70. The molecule has 4 heteroatoms. The zero-order chi connectivity index (χ0) is 13.0. The number of halogens is 2. The summed E-state index contributed by atoms with van der Waals surface area (Å²) < 4.78 is 1.08.